The zero-order valence-corrected chi connectivity index (χ0v) is 20.4. The van der Waals surface area contributed by atoms with Crippen molar-refractivity contribution in [2.75, 3.05) is 33.4 Å². The van der Waals surface area contributed by atoms with Gasteiger partial charge in [-0.3, -0.25) is 9.67 Å². The average molecular weight is 529 g/mol. The summed E-state index contributed by atoms with van der Waals surface area (Å²) in [6.07, 6.45) is 2.67. The van der Waals surface area contributed by atoms with Gasteiger partial charge in [-0.15, -0.1) is 24.0 Å². The molecule has 3 rings (SSSR count). The van der Waals surface area contributed by atoms with Gasteiger partial charge < -0.3 is 15.4 Å². The molecule has 0 atom stereocenters. The largest absolute Gasteiger partial charge is 0.381 e. The van der Waals surface area contributed by atoms with Crippen molar-refractivity contribution in [2.45, 2.75) is 45.1 Å². The molecule has 8 heteroatoms. The molecule has 1 aromatic heterocycles. The fourth-order valence-electron chi connectivity index (χ4n) is 3.96. The molecule has 0 saturated carbocycles. The van der Waals surface area contributed by atoms with Gasteiger partial charge in [-0.05, 0) is 56.9 Å². The molecule has 0 radical (unpaired) electrons. The maximum atomic E-state index is 13.8. The standard InChI is InChI=1S/C22H32FN5O.HI/c1-17-14-18(2)28(27-17)11-5-10-25-21(24-3)26-16-22(8-12-29-13-9-22)19-6-4-7-20(23)15-19;/h4,6-7,14-15H,5,8-13,16H2,1-3H3,(H2,24,25,26);1H. The molecule has 30 heavy (non-hydrogen) atoms. The molecule has 0 amide bonds. The van der Waals surface area contributed by atoms with E-state index in [1.54, 1.807) is 19.2 Å². The van der Waals surface area contributed by atoms with Crippen molar-refractivity contribution in [3.63, 3.8) is 0 Å². The highest BCUT2D eigenvalue weighted by Crippen LogP contribution is 2.34. The number of nitrogens with zero attached hydrogens (tertiary/aromatic N) is 3. The third kappa shape index (κ3) is 6.41. The van der Waals surface area contributed by atoms with E-state index in [1.807, 2.05) is 17.7 Å². The van der Waals surface area contributed by atoms with Crippen molar-refractivity contribution < 1.29 is 9.13 Å². The summed E-state index contributed by atoms with van der Waals surface area (Å²) < 4.78 is 21.4. The molecule has 1 aliphatic rings. The van der Waals surface area contributed by atoms with Crippen LogP contribution in [0.1, 0.15) is 36.2 Å². The van der Waals surface area contributed by atoms with E-state index in [0.717, 1.165) is 49.6 Å². The van der Waals surface area contributed by atoms with E-state index in [4.69, 9.17) is 4.74 Å². The predicted octanol–water partition coefficient (Wildman–Crippen LogP) is 3.56. The van der Waals surface area contributed by atoms with Crippen LogP contribution in [0.25, 0.3) is 0 Å². The molecule has 0 bridgehead atoms. The Balaban J connectivity index is 0.00000320. The molecule has 0 aliphatic carbocycles. The third-order valence-electron chi connectivity index (χ3n) is 5.65. The monoisotopic (exact) mass is 529 g/mol. The van der Waals surface area contributed by atoms with Crippen LogP contribution in [0.5, 0.6) is 0 Å². The third-order valence-corrected chi connectivity index (χ3v) is 5.65. The highest BCUT2D eigenvalue weighted by atomic mass is 127. The smallest absolute Gasteiger partial charge is 0.191 e. The summed E-state index contributed by atoms with van der Waals surface area (Å²) in [5.74, 6) is 0.570. The number of halogens is 2. The van der Waals surface area contributed by atoms with E-state index in [-0.39, 0.29) is 35.2 Å². The molecule has 0 unspecified atom stereocenters. The van der Waals surface area contributed by atoms with Gasteiger partial charge in [-0.25, -0.2) is 4.39 Å². The SMILES string of the molecule is CN=C(NCCCn1nc(C)cc1C)NCC1(c2cccc(F)c2)CCOCC1.I. The number of hydrogen-bond acceptors (Lipinski definition) is 3. The van der Waals surface area contributed by atoms with E-state index in [1.165, 1.54) is 11.8 Å². The van der Waals surface area contributed by atoms with Crippen molar-refractivity contribution in [3.8, 4) is 0 Å². The molecule has 2 heterocycles. The maximum Gasteiger partial charge on any atom is 0.191 e. The molecular formula is C22H33FIN5O. The van der Waals surface area contributed by atoms with E-state index in [9.17, 15) is 4.39 Å². The lowest BCUT2D eigenvalue weighted by atomic mass is 9.74. The van der Waals surface area contributed by atoms with Crippen LogP contribution >= 0.6 is 24.0 Å². The Bertz CT molecular complexity index is 833. The fourth-order valence-corrected chi connectivity index (χ4v) is 3.96. The van der Waals surface area contributed by atoms with Crippen LogP contribution in [0.15, 0.2) is 35.3 Å². The van der Waals surface area contributed by atoms with E-state index in [0.29, 0.717) is 19.8 Å². The summed E-state index contributed by atoms with van der Waals surface area (Å²) in [4.78, 5) is 4.35. The Morgan fingerprint density at radius 3 is 2.63 bits per heavy atom. The Labute approximate surface area is 195 Å². The maximum absolute atomic E-state index is 13.8. The summed E-state index contributed by atoms with van der Waals surface area (Å²) in [6, 6.07) is 9.03. The second kappa shape index (κ2) is 11.6. The van der Waals surface area contributed by atoms with Gasteiger partial charge in [0, 0.05) is 51.0 Å². The van der Waals surface area contributed by atoms with Gasteiger partial charge in [0.25, 0.3) is 0 Å². The summed E-state index contributed by atoms with van der Waals surface area (Å²) in [5, 5.41) is 11.3. The zero-order valence-electron chi connectivity index (χ0n) is 18.1. The first-order chi connectivity index (χ1) is 14.0. The molecule has 0 spiro atoms. The summed E-state index contributed by atoms with van der Waals surface area (Å²) >= 11 is 0. The van der Waals surface area contributed by atoms with Crippen LogP contribution in [0, 0.1) is 19.7 Å². The normalized spacial score (nSPS) is 16.1. The molecular weight excluding hydrogens is 496 g/mol. The number of rotatable bonds is 7. The van der Waals surface area contributed by atoms with Crippen LogP contribution < -0.4 is 10.6 Å². The van der Waals surface area contributed by atoms with Gasteiger partial charge in [0.05, 0.1) is 5.69 Å². The van der Waals surface area contributed by atoms with Gasteiger partial charge >= 0.3 is 0 Å². The molecule has 1 aromatic carbocycles. The molecule has 6 nitrogen and oxygen atoms in total. The highest BCUT2D eigenvalue weighted by molar-refractivity contribution is 14.0. The van der Waals surface area contributed by atoms with Crippen LogP contribution in [0.4, 0.5) is 4.39 Å². The van der Waals surface area contributed by atoms with Crippen molar-refractivity contribution in [1.82, 2.24) is 20.4 Å². The Morgan fingerprint density at radius 2 is 2.00 bits per heavy atom. The van der Waals surface area contributed by atoms with Gasteiger partial charge in [0.1, 0.15) is 5.82 Å². The van der Waals surface area contributed by atoms with Gasteiger partial charge in [0.2, 0.25) is 0 Å². The predicted molar refractivity (Wildman–Crippen MR) is 129 cm³/mol. The lowest BCUT2D eigenvalue weighted by Crippen LogP contribution is -2.48. The fraction of sp³-hybridized carbons (Fsp3) is 0.545. The van der Waals surface area contributed by atoms with E-state index in [2.05, 4.69) is 33.7 Å². The lowest BCUT2D eigenvalue weighted by Gasteiger charge is -2.38. The molecule has 1 aliphatic heterocycles. The number of guanidine groups is 1. The summed E-state index contributed by atoms with van der Waals surface area (Å²) in [7, 11) is 1.77. The Hall–Kier alpha value is -1.68. The molecule has 2 aromatic rings. The average Bonchev–Trinajstić information content (AvgIpc) is 3.05. The molecule has 1 saturated heterocycles. The minimum atomic E-state index is -0.194. The second-order valence-corrected chi connectivity index (χ2v) is 7.76. The first-order valence-electron chi connectivity index (χ1n) is 10.3. The number of aliphatic imine (C=N–C) groups is 1. The molecule has 2 N–H and O–H groups in total. The minimum absolute atomic E-state index is 0. The van der Waals surface area contributed by atoms with E-state index < -0.39 is 0 Å². The van der Waals surface area contributed by atoms with E-state index >= 15 is 0 Å². The number of aryl methyl sites for hydroxylation is 3. The summed E-state index contributed by atoms with van der Waals surface area (Å²) in [5.41, 5.74) is 3.10. The highest BCUT2D eigenvalue weighted by Gasteiger charge is 2.34. The number of nitrogens with one attached hydrogen (secondary N) is 2. The topological polar surface area (TPSA) is 63.5 Å². The molecule has 166 valence electrons. The first kappa shape index (κ1) is 24.6. The van der Waals surface area contributed by atoms with Gasteiger partial charge in [0.15, 0.2) is 5.96 Å². The Morgan fingerprint density at radius 1 is 1.23 bits per heavy atom. The minimum Gasteiger partial charge on any atom is -0.381 e. The number of hydrogen-bond donors (Lipinski definition) is 2. The summed E-state index contributed by atoms with van der Waals surface area (Å²) in [6.45, 7) is 7.82. The van der Waals surface area contributed by atoms with Crippen LogP contribution in [0.2, 0.25) is 0 Å². The lowest BCUT2D eigenvalue weighted by molar-refractivity contribution is 0.0513. The number of benzene rings is 1. The van der Waals surface area contributed by atoms with Crippen LogP contribution in [0.3, 0.4) is 0 Å². The molecule has 1 fully saturated rings. The van der Waals surface area contributed by atoms with Crippen molar-refractivity contribution in [1.29, 1.82) is 0 Å². The first-order valence-corrected chi connectivity index (χ1v) is 10.3. The van der Waals surface area contributed by atoms with Gasteiger partial charge in [-0.1, -0.05) is 12.1 Å². The quantitative estimate of drug-likeness (QED) is 0.249. The van der Waals surface area contributed by atoms with Crippen molar-refractivity contribution >= 4 is 29.9 Å². The van der Waals surface area contributed by atoms with Crippen molar-refractivity contribution in [3.05, 3.63) is 53.1 Å². The zero-order chi connectivity index (χ0) is 20.7. The second-order valence-electron chi connectivity index (χ2n) is 7.76. The number of ether oxygens (including phenoxy) is 1. The van der Waals surface area contributed by atoms with Gasteiger partial charge in [-0.2, -0.15) is 5.10 Å². The Kier molecular flexibility index (Phi) is 9.54. The van der Waals surface area contributed by atoms with Crippen LogP contribution in [-0.2, 0) is 16.7 Å². The number of aromatic nitrogens is 2. The van der Waals surface area contributed by atoms with Crippen molar-refractivity contribution in [2.24, 2.45) is 4.99 Å². The van der Waals surface area contributed by atoms with Crippen LogP contribution in [-0.4, -0.2) is 49.1 Å².